The van der Waals surface area contributed by atoms with Gasteiger partial charge in [0, 0.05) is 29.8 Å². The first-order chi connectivity index (χ1) is 13.9. The van der Waals surface area contributed by atoms with E-state index in [2.05, 4.69) is 39.5 Å². The third kappa shape index (κ3) is 5.91. The van der Waals surface area contributed by atoms with Crippen molar-refractivity contribution in [3.8, 4) is 0 Å². The first-order valence-electron chi connectivity index (χ1n) is 11.0. The van der Waals surface area contributed by atoms with E-state index in [0.29, 0.717) is 5.56 Å². The van der Waals surface area contributed by atoms with Crippen LogP contribution < -0.4 is 0 Å². The minimum absolute atomic E-state index is 0.152. The fraction of sp³-hybridized carbons (Fsp3) is 0.625. The van der Waals surface area contributed by atoms with E-state index in [1.807, 2.05) is 18.2 Å². The number of carbonyl (C=O) groups is 1. The lowest BCUT2D eigenvalue weighted by atomic mass is 10.1. The second-order valence-electron chi connectivity index (χ2n) is 8.24. The number of rotatable bonds is 10. The molecule has 0 saturated carbocycles. The molecule has 1 aromatic carbocycles. The van der Waals surface area contributed by atoms with E-state index in [4.69, 9.17) is 14.7 Å². The predicted octanol–water partition coefficient (Wildman–Crippen LogP) is 5.46. The highest BCUT2D eigenvalue weighted by atomic mass is 16.5. The summed E-state index contributed by atoms with van der Waals surface area (Å²) in [7, 11) is 1.41. The molecule has 0 unspecified atom stereocenters. The number of carbonyl (C=O) groups excluding carboxylic acids is 1. The standard InChI is InChI=1S/C24H37N3O2/c1-7-8-9-10-11-12-15-25-22-20-14-13-19(24(28)29-6)16-21(20)23(26-17(2)3)27(22)18(4)5/h13-14,16-18H,7-12,15H2,1-6H3. The van der Waals surface area contributed by atoms with Crippen LogP contribution in [0.5, 0.6) is 0 Å². The zero-order chi connectivity index (χ0) is 21.4. The number of unbranched alkanes of at least 4 members (excludes halogenated alkanes) is 5. The molecule has 0 bridgehead atoms. The van der Waals surface area contributed by atoms with Crippen molar-refractivity contribution in [3.63, 3.8) is 0 Å². The maximum absolute atomic E-state index is 12.1. The average molecular weight is 400 g/mol. The van der Waals surface area contributed by atoms with E-state index in [0.717, 1.165) is 35.8 Å². The van der Waals surface area contributed by atoms with Crippen molar-refractivity contribution >= 4 is 17.6 Å². The van der Waals surface area contributed by atoms with Gasteiger partial charge in [0.25, 0.3) is 0 Å². The average Bonchev–Trinajstić information content (AvgIpc) is 2.99. The zero-order valence-electron chi connectivity index (χ0n) is 19.0. The molecule has 0 aliphatic carbocycles. The van der Waals surface area contributed by atoms with Crippen LogP contribution >= 0.6 is 0 Å². The second-order valence-corrected chi connectivity index (χ2v) is 8.24. The molecule has 0 amide bonds. The molecule has 0 saturated heterocycles. The van der Waals surface area contributed by atoms with Crippen molar-refractivity contribution in [3.05, 3.63) is 34.9 Å². The summed E-state index contributed by atoms with van der Waals surface area (Å²) in [6.45, 7) is 11.5. The maximum atomic E-state index is 12.1. The summed E-state index contributed by atoms with van der Waals surface area (Å²) in [5, 5.41) is 0. The van der Waals surface area contributed by atoms with Crippen molar-refractivity contribution in [1.29, 1.82) is 0 Å². The van der Waals surface area contributed by atoms with Crippen LogP contribution in [0, 0.1) is 0 Å². The van der Waals surface area contributed by atoms with Gasteiger partial charge in [-0.05, 0) is 52.3 Å². The smallest absolute Gasteiger partial charge is 0.337 e. The van der Waals surface area contributed by atoms with Gasteiger partial charge in [0.15, 0.2) is 0 Å². The van der Waals surface area contributed by atoms with E-state index in [9.17, 15) is 4.79 Å². The van der Waals surface area contributed by atoms with Gasteiger partial charge < -0.3 is 9.64 Å². The fourth-order valence-electron chi connectivity index (χ4n) is 3.63. The molecule has 1 aliphatic rings. The van der Waals surface area contributed by atoms with E-state index in [1.165, 1.54) is 39.2 Å². The Hall–Kier alpha value is -2.17. The first-order valence-corrected chi connectivity index (χ1v) is 11.0. The van der Waals surface area contributed by atoms with Crippen LogP contribution in [-0.2, 0) is 4.74 Å². The van der Waals surface area contributed by atoms with Crippen molar-refractivity contribution < 1.29 is 9.53 Å². The summed E-state index contributed by atoms with van der Waals surface area (Å²) in [6, 6.07) is 6.08. The Labute approximate surface area is 176 Å². The predicted molar refractivity (Wildman–Crippen MR) is 121 cm³/mol. The number of amidine groups is 2. The molecule has 5 nitrogen and oxygen atoms in total. The monoisotopic (exact) mass is 399 g/mol. The van der Waals surface area contributed by atoms with Crippen molar-refractivity contribution in [2.75, 3.05) is 13.7 Å². The van der Waals surface area contributed by atoms with Gasteiger partial charge in [-0.1, -0.05) is 39.0 Å². The molecule has 0 fully saturated rings. The molecule has 29 heavy (non-hydrogen) atoms. The molecule has 0 radical (unpaired) electrons. The van der Waals surface area contributed by atoms with Crippen LogP contribution in [0.25, 0.3) is 0 Å². The van der Waals surface area contributed by atoms with E-state index in [1.54, 1.807) is 0 Å². The van der Waals surface area contributed by atoms with Crippen LogP contribution in [0.15, 0.2) is 28.2 Å². The van der Waals surface area contributed by atoms with Crippen LogP contribution in [0.3, 0.4) is 0 Å². The number of aliphatic imine (C=N–C) groups is 2. The first kappa shape index (κ1) is 23.1. The summed E-state index contributed by atoms with van der Waals surface area (Å²) in [6.07, 6.45) is 7.51. The number of hydrogen-bond donors (Lipinski definition) is 0. The lowest BCUT2D eigenvalue weighted by Gasteiger charge is -2.25. The van der Waals surface area contributed by atoms with E-state index >= 15 is 0 Å². The number of methoxy groups -OCH3 is 1. The Morgan fingerprint density at radius 1 is 1.00 bits per heavy atom. The van der Waals surface area contributed by atoms with Crippen LogP contribution in [0.4, 0.5) is 0 Å². The third-order valence-corrected chi connectivity index (χ3v) is 5.05. The molecule has 0 N–H and O–H groups in total. The quantitative estimate of drug-likeness (QED) is 0.388. The summed E-state index contributed by atoms with van der Waals surface area (Å²) in [4.78, 5) is 24.1. The number of ether oxygens (including phenoxy) is 1. The molecular formula is C24H37N3O2. The highest BCUT2D eigenvalue weighted by Crippen LogP contribution is 2.28. The SMILES string of the molecule is CCCCCCCCN=C1c2ccc(C(=O)OC)cc2C(=NC(C)C)N1C(C)C. The fourth-order valence-corrected chi connectivity index (χ4v) is 3.63. The lowest BCUT2D eigenvalue weighted by molar-refractivity contribution is 0.0600. The molecule has 0 atom stereocenters. The molecule has 2 rings (SSSR count). The largest absolute Gasteiger partial charge is 0.465 e. The molecule has 0 aromatic heterocycles. The Bertz CT molecular complexity index is 750. The van der Waals surface area contributed by atoms with Gasteiger partial charge in [0.1, 0.15) is 11.7 Å². The minimum Gasteiger partial charge on any atom is -0.465 e. The lowest BCUT2D eigenvalue weighted by Crippen LogP contribution is -2.37. The number of hydrogen-bond acceptors (Lipinski definition) is 4. The number of benzene rings is 1. The Morgan fingerprint density at radius 3 is 2.31 bits per heavy atom. The van der Waals surface area contributed by atoms with Crippen LogP contribution in [-0.4, -0.2) is 48.3 Å². The van der Waals surface area contributed by atoms with Crippen molar-refractivity contribution in [1.82, 2.24) is 4.90 Å². The summed E-state index contributed by atoms with van der Waals surface area (Å²) in [5.41, 5.74) is 2.57. The maximum Gasteiger partial charge on any atom is 0.337 e. The van der Waals surface area contributed by atoms with Gasteiger partial charge in [-0.2, -0.15) is 0 Å². The van der Waals surface area contributed by atoms with Gasteiger partial charge >= 0.3 is 5.97 Å². The Kier molecular flexibility index (Phi) is 8.87. The number of fused-ring (bicyclic) bond motifs is 1. The molecule has 0 spiro atoms. The van der Waals surface area contributed by atoms with Crippen molar-refractivity contribution in [2.24, 2.45) is 9.98 Å². The highest BCUT2D eigenvalue weighted by molar-refractivity contribution is 6.25. The molecule has 1 heterocycles. The van der Waals surface area contributed by atoms with Gasteiger partial charge in [0.2, 0.25) is 0 Å². The second kappa shape index (κ2) is 11.1. The Morgan fingerprint density at radius 2 is 1.69 bits per heavy atom. The minimum atomic E-state index is -0.328. The van der Waals surface area contributed by atoms with Gasteiger partial charge in [-0.15, -0.1) is 0 Å². The van der Waals surface area contributed by atoms with Crippen LogP contribution in [0.2, 0.25) is 0 Å². The summed E-state index contributed by atoms with van der Waals surface area (Å²) < 4.78 is 4.91. The third-order valence-electron chi connectivity index (χ3n) is 5.05. The molecular weight excluding hydrogens is 362 g/mol. The topological polar surface area (TPSA) is 54.3 Å². The number of nitrogens with zero attached hydrogens (tertiary/aromatic N) is 3. The Balaban J connectivity index is 2.33. The van der Waals surface area contributed by atoms with Crippen LogP contribution in [0.1, 0.15) is 94.6 Å². The zero-order valence-corrected chi connectivity index (χ0v) is 19.0. The van der Waals surface area contributed by atoms with Crippen molar-refractivity contribution in [2.45, 2.75) is 85.2 Å². The normalized spacial score (nSPS) is 16.3. The van der Waals surface area contributed by atoms with Gasteiger partial charge in [0.05, 0.1) is 12.7 Å². The molecule has 1 aliphatic heterocycles. The number of esters is 1. The van der Waals surface area contributed by atoms with E-state index < -0.39 is 0 Å². The summed E-state index contributed by atoms with van der Waals surface area (Å²) in [5.74, 6) is 1.54. The summed E-state index contributed by atoms with van der Waals surface area (Å²) >= 11 is 0. The molecule has 160 valence electrons. The molecule has 1 aromatic rings. The highest BCUT2D eigenvalue weighted by Gasteiger charge is 2.34. The van der Waals surface area contributed by atoms with Gasteiger partial charge in [-0.3, -0.25) is 9.98 Å². The molecule has 5 heteroatoms. The van der Waals surface area contributed by atoms with E-state index in [-0.39, 0.29) is 18.1 Å². The van der Waals surface area contributed by atoms with Gasteiger partial charge in [-0.25, -0.2) is 4.79 Å².